The van der Waals surface area contributed by atoms with Gasteiger partial charge >= 0.3 is 5.63 Å². The molecule has 3 rings (SSSR count). The minimum absolute atomic E-state index is 0.171. The van der Waals surface area contributed by atoms with Crippen LogP contribution in [0.4, 0.5) is 0 Å². The second-order valence-electron chi connectivity index (χ2n) is 6.73. The van der Waals surface area contributed by atoms with Gasteiger partial charge in [0.05, 0.1) is 0 Å². The Kier molecular flexibility index (Phi) is 5.74. The van der Waals surface area contributed by atoms with Gasteiger partial charge in [0, 0.05) is 30.1 Å². The highest BCUT2D eigenvalue weighted by Gasteiger charge is 2.11. The molecule has 0 spiro atoms. The number of aryl methyl sites for hydroxylation is 2. The summed E-state index contributed by atoms with van der Waals surface area (Å²) in [4.78, 5) is 11.8. The Hall–Kier alpha value is -2.59. The lowest BCUT2D eigenvalue weighted by Crippen LogP contribution is -2.26. The maximum absolute atomic E-state index is 11.8. The number of hydrogen-bond donors (Lipinski definition) is 2. The smallest absolute Gasteiger partial charge is 0.336 e. The molecule has 136 valence electrons. The summed E-state index contributed by atoms with van der Waals surface area (Å²) >= 11 is 0. The normalized spacial score (nSPS) is 12.4. The molecule has 0 aliphatic carbocycles. The average molecular weight is 351 g/mol. The number of phenolic OH excluding ortho intramolecular Hbond substituents is 1. The Bertz CT molecular complexity index is 931. The second kappa shape index (κ2) is 8.19. The molecule has 2 aromatic carbocycles. The molecular formula is C22H25NO3. The molecule has 0 saturated heterocycles. The van der Waals surface area contributed by atoms with Crippen molar-refractivity contribution in [2.45, 2.75) is 45.7 Å². The zero-order valence-electron chi connectivity index (χ0n) is 15.3. The van der Waals surface area contributed by atoms with Gasteiger partial charge < -0.3 is 14.8 Å². The van der Waals surface area contributed by atoms with Crippen LogP contribution in [0.3, 0.4) is 0 Å². The lowest BCUT2D eigenvalue weighted by atomic mass is 10.0. The molecule has 0 fully saturated rings. The van der Waals surface area contributed by atoms with Gasteiger partial charge in [0.1, 0.15) is 11.3 Å². The Labute approximate surface area is 153 Å². The number of rotatable bonds is 7. The number of nitrogens with one attached hydrogen (secondary N) is 1. The van der Waals surface area contributed by atoms with Crippen molar-refractivity contribution >= 4 is 11.0 Å². The fraction of sp³-hybridized carbons (Fsp3) is 0.318. The third-order valence-corrected chi connectivity index (χ3v) is 4.76. The van der Waals surface area contributed by atoms with E-state index in [1.54, 1.807) is 0 Å². The zero-order valence-corrected chi connectivity index (χ0v) is 15.3. The van der Waals surface area contributed by atoms with Crippen molar-refractivity contribution in [3.63, 3.8) is 0 Å². The highest BCUT2D eigenvalue weighted by Crippen LogP contribution is 2.27. The molecule has 3 aromatic rings. The number of fused-ring (bicyclic) bond motifs is 1. The first-order valence-corrected chi connectivity index (χ1v) is 9.12. The van der Waals surface area contributed by atoms with E-state index in [-0.39, 0.29) is 5.75 Å². The summed E-state index contributed by atoms with van der Waals surface area (Å²) in [5.41, 5.74) is 3.12. The summed E-state index contributed by atoms with van der Waals surface area (Å²) in [7, 11) is 0. The van der Waals surface area contributed by atoms with Crippen LogP contribution in [0.25, 0.3) is 11.0 Å². The molecule has 0 bridgehead atoms. The molecule has 0 saturated carbocycles. The van der Waals surface area contributed by atoms with E-state index in [1.165, 1.54) is 17.7 Å². The van der Waals surface area contributed by atoms with E-state index in [9.17, 15) is 9.90 Å². The molecular weight excluding hydrogens is 326 g/mol. The van der Waals surface area contributed by atoms with Crippen LogP contribution in [0.2, 0.25) is 0 Å². The highest BCUT2D eigenvalue weighted by atomic mass is 16.4. The number of benzene rings is 2. The molecule has 0 radical (unpaired) electrons. The molecule has 4 nitrogen and oxygen atoms in total. The van der Waals surface area contributed by atoms with Crippen molar-refractivity contribution in [3.05, 3.63) is 75.6 Å². The molecule has 1 atom stereocenters. The van der Waals surface area contributed by atoms with Crippen LogP contribution in [0.5, 0.6) is 5.75 Å². The number of phenols is 1. The molecule has 0 aliphatic heterocycles. The van der Waals surface area contributed by atoms with E-state index < -0.39 is 5.63 Å². The van der Waals surface area contributed by atoms with Crippen LogP contribution in [-0.2, 0) is 19.4 Å². The number of aromatic hydroxyl groups is 1. The molecule has 2 N–H and O–H groups in total. The standard InChI is InChI=1S/C22H25NO3/c1-3-17-11-19-18(12-22(25)26-21(19)13-20(17)24)14-23-15(2)9-10-16-7-5-4-6-8-16/h4-8,11-13,15,23-24H,3,9-10,14H2,1-2H3/t15-/m1/s1. The van der Waals surface area contributed by atoms with Crippen LogP contribution in [0.1, 0.15) is 37.0 Å². The maximum Gasteiger partial charge on any atom is 0.336 e. The molecule has 1 heterocycles. The first-order valence-electron chi connectivity index (χ1n) is 9.12. The molecule has 26 heavy (non-hydrogen) atoms. The maximum atomic E-state index is 11.8. The van der Waals surface area contributed by atoms with Crippen molar-refractivity contribution in [1.29, 1.82) is 0 Å². The van der Waals surface area contributed by atoms with Gasteiger partial charge in [-0.3, -0.25) is 0 Å². The van der Waals surface area contributed by atoms with Gasteiger partial charge in [0.2, 0.25) is 0 Å². The molecule has 4 heteroatoms. The van der Waals surface area contributed by atoms with Crippen molar-refractivity contribution < 1.29 is 9.52 Å². The summed E-state index contributed by atoms with van der Waals surface area (Å²) in [5, 5.41) is 14.4. The van der Waals surface area contributed by atoms with Gasteiger partial charge in [-0.2, -0.15) is 0 Å². The Morgan fingerprint density at radius 2 is 1.88 bits per heavy atom. The van der Waals surface area contributed by atoms with E-state index in [0.29, 0.717) is 18.2 Å². The summed E-state index contributed by atoms with van der Waals surface area (Å²) in [6.07, 6.45) is 2.76. The minimum atomic E-state index is -0.394. The van der Waals surface area contributed by atoms with Crippen LogP contribution >= 0.6 is 0 Å². The van der Waals surface area contributed by atoms with Gasteiger partial charge in [0.25, 0.3) is 0 Å². The first-order chi connectivity index (χ1) is 12.6. The van der Waals surface area contributed by atoms with E-state index >= 15 is 0 Å². The van der Waals surface area contributed by atoms with E-state index in [1.807, 2.05) is 19.1 Å². The Balaban J connectivity index is 1.72. The summed E-state index contributed by atoms with van der Waals surface area (Å²) in [6.45, 7) is 4.73. The summed E-state index contributed by atoms with van der Waals surface area (Å²) in [6, 6.07) is 15.7. The average Bonchev–Trinajstić information content (AvgIpc) is 2.64. The quantitative estimate of drug-likeness (QED) is 0.627. The second-order valence-corrected chi connectivity index (χ2v) is 6.73. The van der Waals surface area contributed by atoms with E-state index in [0.717, 1.165) is 35.8 Å². The fourth-order valence-corrected chi connectivity index (χ4v) is 3.15. The van der Waals surface area contributed by atoms with Gasteiger partial charge in [-0.25, -0.2) is 4.79 Å². The predicted molar refractivity (Wildman–Crippen MR) is 105 cm³/mol. The molecule has 0 amide bonds. The van der Waals surface area contributed by atoms with Crippen LogP contribution in [0, 0.1) is 0 Å². The summed E-state index contributed by atoms with van der Waals surface area (Å²) < 4.78 is 5.25. The van der Waals surface area contributed by atoms with Crippen molar-refractivity contribution in [1.82, 2.24) is 5.32 Å². The lowest BCUT2D eigenvalue weighted by Gasteiger charge is -2.15. The van der Waals surface area contributed by atoms with Gasteiger partial charge in [-0.1, -0.05) is 37.3 Å². The van der Waals surface area contributed by atoms with Crippen LogP contribution in [0.15, 0.2) is 57.7 Å². The van der Waals surface area contributed by atoms with E-state index in [2.05, 4.69) is 36.5 Å². The monoisotopic (exact) mass is 351 g/mol. The topological polar surface area (TPSA) is 62.5 Å². The predicted octanol–water partition coefficient (Wildman–Crippen LogP) is 4.17. The summed E-state index contributed by atoms with van der Waals surface area (Å²) in [5.74, 6) is 0.171. The zero-order chi connectivity index (χ0) is 18.5. The highest BCUT2D eigenvalue weighted by molar-refractivity contribution is 5.82. The SMILES string of the molecule is CCc1cc2c(CN[C@H](C)CCc3ccccc3)cc(=O)oc2cc1O. The molecule has 1 aromatic heterocycles. The molecule has 0 aliphatic rings. The third kappa shape index (κ3) is 4.33. The van der Waals surface area contributed by atoms with Crippen LogP contribution < -0.4 is 10.9 Å². The van der Waals surface area contributed by atoms with Crippen molar-refractivity contribution in [3.8, 4) is 5.75 Å². The van der Waals surface area contributed by atoms with Gasteiger partial charge in [-0.05, 0) is 48.9 Å². The Morgan fingerprint density at radius 3 is 2.62 bits per heavy atom. The van der Waals surface area contributed by atoms with Gasteiger partial charge in [-0.15, -0.1) is 0 Å². The largest absolute Gasteiger partial charge is 0.508 e. The minimum Gasteiger partial charge on any atom is -0.508 e. The van der Waals surface area contributed by atoms with Crippen molar-refractivity contribution in [2.24, 2.45) is 0 Å². The molecule has 0 unspecified atom stereocenters. The van der Waals surface area contributed by atoms with Gasteiger partial charge in [0.15, 0.2) is 0 Å². The first kappa shape index (κ1) is 18.2. The van der Waals surface area contributed by atoms with Crippen molar-refractivity contribution in [2.75, 3.05) is 0 Å². The Morgan fingerprint density at radius 1 is 1.12 bits per heavy atom. The van der Waals surface area contributed by atoms with E-state index in [4.69, 9.17) is 4.42 Å². The number of hydrogen-bond acceptors (Lipinski definition) is 4. The lowest BCUT2D eigenvalue weighted by molar-refractivity contribution is 0.466. The van der Waals surface area contributed by atoms with Crippen LogP contribution in [-0.4, -0.2) is 11.1 Å². The fourth-order valence-electron chi connectivity index (χ4n) is 3.15. The third-order valence-electron chi connectivity index (χ3n) is 4.76.